The van der Waals surface area contributed by atoms with Gasteiger partial charge in [0.1, 0.15) is 0 Å². The highest BCUT2D eigenvalue weighted by atomic mass is 13.7. The van der Waals surface area contributed by atoms with Crippen molar-refractivity contribution in [2.45, 2.75) is 73.6 Å². The molecule has 0 rings (SSSR count). The Hall–Kier alpha value is -0.260. The maximum Gasteiger partial charge on any atom is -0.0538 e. The molecule has 0 spiro atoms. The first-order valence-corrected chi connectivity index (χ1v) is 5.74. The Morgan fingerprint density at radius 3 is 0.769 bits per heavy atom. The van der Waals surface area contributed by atoms with Gasteiger partial charge in [-0.1, -0.05) is 73.6 Å². The smallest absolute Gasteiger partial charge is 0.0538 e. The first-order chi connectivity index (χ1) is 6.24. The summed E-state index contributed by atoms with van der Waals surface area (Å²) in [6.07, 6.45) is 6.58. The van der Waals surface area contributed by atoms with Gasteiger partial charge in [-0.3, -0.25) is 0 Å². The SMILES string of the molecule is C=C.CCC.CCC.CCCCC. The molecule has 0 radical (unpaired) electrons. The second-order valence-electron chi connectivity index (χ2n) is 2.77. The van der Waals surface area contributed by atoms with Gasteiger partial charge in [0.05, 0.1) is 0 Å². The fraction of sp³-hybridized carbons (Fsp3) is 0.846. The third kappa shape index (κ3) is 368. The molecule has 0 heteroatoms. The highest BCUT2D eigenvalue weighted by molar-refractivity contribution is 4.24. The molecule has 0 aromatic rings. The summed E-state index contributed by atoms with van der Waals surface area (Å²) in [7, 11) is 0. The molecule has 0 aliphatic carbocycles. The van der Waals surface area contributed by atoms with Gasteiger partial charge in [-0.15, -0.1) is 13.2 Å². The highest BCUT2D eigenvalue weighted by Gasteiger charge is 1.68. The van der Waals surface area contributed by atoms with Crippen molar-refractivity contribution in [3.63, 3.8) is 0 Å². The Bertz CT molecular complexity index is 27.0. The summed E-state index contributed by atoms with van der Waals surface area (Å²) in [5.41, 5.74) is 0. The van der Waals surface area contributed by atoms with Gasteiger partial charge in [-0.25, -0.2) is 0 Å². The molecule has 0 aromatic heterocycles. The molecule has 0 heterocycles. The molecule has 84 valence electrons. The van der Waals surface area contributed by atoms with Gasteiger partial charge in [0, 0.05) is 0 Å². The second-order valence-corrected chi connectivity index (χ2v) is 2.77. The lowest BCUT2D eigenvalue weighted by molar-refractivity contribution is 0.772. The Balaban J connectivity index is -0.0000000446. The van der Waals surface area contributed by atoms with Gasteiger partial charge in [-0.05, 0) is 0 Å². The fourth-order valence-corrected chi connectivity index (χ4v) is 0.354. The lowest BCUT2D eigenvalue weighted by atomic mass is 10.3. The van der Waals surface area contributed by atoms with Crippen LogP contribution in [-0.2, 0) is 0 Å². The van der Waals surface area contributed by atoms with E-state index in [1.807, 2.05) is 0 Å². The number of unbranched alkanes of at least 4 members (excludes halogenated alkanes) is 2. The van der Waals surface area contributed by atoms with Gasteiger partial charge >= 0.3 is 0 Å². The molecule has 13 heavy (non-hydrogen) atoms. The summed E-state index contributed by atoms with van der Waals surface area (Å²) in [5.74, 6) is 0. The van der Waals surface area contributed by atoms with Crippen LogP contribution < -0.4 is 0 Å². The maximum atomic E-state index is 3.00. The molecule has 0 aliphatic rings. The van der Waals surface area contributed by atoms with E-state index >= 15 is 0 Å². The molecule has 0 aliphatic heterocycles. The van der Waals surface area contributed by atoms with Crippen LogP contribution in [-0.4, -0.2) is 0 Å². The summed E-state index contributed by atoms with van der Waals surface area (Å²) in [5, 5.41) is 0. The summed E-state index contributed by atoms with van der Waals surface area (Å²) in [4.78, 5) is 0. The van der Waals surface area contributed by atoms with Crippen molar-refractivity contribution in [2.75, 3.05) is 0 Å². The Kier molecular flexibility index (Phi) is 107. The van der Waals surface area contributed by atoms with E-state index < -0.39 is 0 Å². The largest absolute Gasteiger partial charge is 0.106 e. The summed E-state index contributed by atoms with van der Waals surface area (Å²) in [6, 6.07) is 0. The molecule has 0 saturated carbocycles. The van der Waals surface area contributed by atoms with E-state index in [1.54, 1.807) is 0 Å². The van der Waals surface area contributed by atoms with Crippen LogP contribution in [0.3, 0.4) is 0 Å². The number of hydrogen-bond donors (Lipinski definition) is 0. The van der Waals surface area contributed by atoms with E-state index in [0.29, 0.717) is 0 Å². The molecule has 0 fully saturated rings. The van der Waals surface area contributed by atoms with Crippen molar-refractivity contribution in [1.29, 1.82) is 0 Å². The summed E-state index contributed by atoms with van der Waals surface area (Å²) < 4.78 is 0. The highest BCUT2D eigenvalue weighted by Crippen LogP contribution is 1.88. The van der Waals surface area contributed by atoms with Crippen LogP contribution in [0.4, 0.5) is 0 Å². The summed E-state index contributed by atoms with van der Waals surface area (Å²) >= 11 is 0. The Labute approximate surface area is 87.4 Å². The third-order valence-electron chi connectivity index (χ3n) is 0.707. The van der Waals surface area contributed by atoms with E-state index in [9.17, 15) is 0 Å². The zero-order valence-corrected chi connectivity index (χ0v) is 10.9. The van der Waals surface area contributed by atoms with Crippen LogP contribution in [0, 0.1) is 0 Å². The lowest BCUT2D eigenvalue weighted by Gasteiger charge is -1.79. The predicted octanol–water partition coefficient (Wildman–Crippen LogP) is 5.83. The standard InChI is InChI=1S/C5H12.2C3H8.C2H4/c1-3-5-4-2;2*1-3-2;1-2/h3-5H2,1-2H3;2*3H2,1-2H3;1-2H2. The van der Waals surface area contributed by atoms with Crippen molar-refractivity contribution in [3.8, 4) is 0 Å². The molecule has 0 aromatic carbocycles. The van der Waals surface area contributed by atoms with Crippen molar-refractivity contribution >= 4 is 0 Å². The van der Waals surface area contributed by atoms with Crippen LogP contribution >= 0.6 is 0 Å². The van der Waals surface area contributed by atoms with E-state index in [1.165, 1.54) is 32.1 Å². The summed E-state index contributed by atoms with van der Waals surface area (Å²) in [6.45, 7) is 18.9. The lowest BCUT2D eigenvalue weighted by Crippen LogP contribution is -1.59. The van der Waals surface area contributed by atoms with Crippen molar-refractivity contribution < 1.29 is 0 Å². The first kappa shape index (κ1) is 23.0. The molecule has 0 unspecified atom stereocenters. The minimum absolute atomic E-state index is 1.25. The molecule has 0 nitrogen and oxygen atoms in total. The van der Waals surface area contributed by atoms with Gasteiger partial charge in [0.15, 0.2) is 0 Å². The zero-order chi connectivity index (χ0) is 11.5. The molecule has 0 saturated heterocycles. The zero-order valence-electron chi connectivity index (χ0n) is 10.9. The number of hydrogen-bond acceptors (Lipinski definition) is 0. The quantitative estimate of drug-likeness (QED) is 0.478. The predicted molar refractivity (Wildman–Crippen MR) is 68.4 cm³/mol. The first-order valence-electron chi connectivity index (χ1n) is 5.74. The Morgan fingerprint density at radius 2 is 0.769 bits per heavy atom. The van der Waals surface area contributed by atoms with E-state index in [0.717, 1.165) is 0 Å². The Morgan fingerprint density at radius 1 is 0.615 bits per heavy atom. The number of rotatable bonds is 2. The van der Waals surface area contributed by atoms with Gasteiger partial charge < -0.3 is 0 Å². The second kappa shape index (κ2) is 60.3. The average Bonchev–Trinajstić information content (AvgIpc) is 2.12. The average molecular weight is 188 g/mol. The minimum Gasteiger partial charge on any atom is -0.106 e. The molecular formula is C13H32. The van der Waals surface area contributed by atoms with Crippen LogP contribution in [0.5, 0.6) is 0 Å². The molecule has 0 bridgehead atoms. The molecule has 0 amide bonds. The van der Waals surface area contributed by atoms with E-state index in [-0.39, 0.29) is 0 Å². The molecular weight excluding hydrogens is 156 g/mol. The van der Waals surface area contributed by atoms with Gasteiger partial charge in [-0.2, -0.15) is 0 Å². The normalized spacial score (nSPS) is 6.31. The van der Waals surface area contributed by atoms with Gasteiger partial charge in [0.2, 0.25) is 0 Å². The topological polar surface area (TPSA) is 0 Å². The van der Waals surface area contributed by atoms with Crippen LogP contribution in [0.15, 0.2) is 13.2 Å². The van der Waals surface area contributed by atoms with Crippen LogP contribution in [0.25, 0.3) is 0 Å². The maximum absolute atomic E-state index is 3.00. The van der Waals surface area contributed by atoms with Gasteiger partial charge in [0.25, 0.3) is 0 Å². The van der Waals surface area contributed by atoms with E-state index in [4.69, 9.17) is 0 Å². The molecule has 0 N–H and O–H groups in total. The minimum atomic E-state index is 1.25. The molecule has 0 atom stereocenters. The van der Waals surface area contributed by atoms with Crippen molar-refractivity contribution in [3.05, 3.63) is 13.2 Å². The van der Waals surface area contributed by atoms with E-state index in [2.05, 4.69) is 54.7 Å². The fourth-order valence-electron chi connectivity index (χ4n) is 0.354. The van der Waals surface area contributed by atoms with Crippen LogP contribution in [0.2, 0.25) is 0 Å². The van der Waals surface area contributed by atoms with Crippen molar-refractivity contribution in [2.24, 2.45) is 0 Å². The monoisotopic (exact) mass is 188 g/mol. The van der Waals surface area contributed by atoms with Crippen LogP contribution in [0.1, 0.15) is 73.6 Å². The van der Waals surface area contributed by atoms with Crippen molar-refractivity contribution in [1.82, 2.24) is 0 Å². The third-order valence-corrected chi connectivity index (χ3v) is 0.707.